The molecule has 0 spiro atoms. The van der Waals surface area contributed by atoms with E-state index in [0.29, 0.717) is 19.4 Å². The quantitative estimate of drug-likeness (QED) is 0.478. The normalized spacial score (nSPS) is 22.8. The lowest BCUT2D eigenvalue weighted by Crippen LogP contribution is -2.56. The molecule has 1 aliphatic rings. The number of nitrogens with one attached hydrogen (secondary N) is 1. The molecule has 24 heavy (non-hydrogen) atoms. The number of piperidine rings is 1. The van der Waals surface area contributed by atoms with Gasteiger partial charge in [0.15, 0.2) is 0 Å². The fourth-order valence-corrected chi connectivity index (χ4v) is 2.95. The summed E-state index contributed by atoms with van der Waals surface area (Å²) in [6.45, 7) is 0.414. The molecule has 1 saturated heterocycles. The predicted octanol–water partition coefficient (Wildman–Crippen LogP) is 0.0797. The number of likely N-dealkylation sites (tertiary alicyclic amines) is 1. The molecule has 8 heteroatoms. The van der Waals surface area contributed by atoms with Crippen LogP contribution in [0.3, 0.4) is 0 Å². The van der Waals surface area contributed by atoms with E-state index in [9.17, 15) is 15.2 Å². The average Bonchev–Trinajstić information content (AvgIpc) is 2.56. The van der Waals surface area contributed by atoms with E-state index in [4.69, 9.17) is 10.6 Å². The Morgan fingerprint density at radius 3 is 2.83 bits per heavy atom. The maximum Gasteiger partial charge on any atom is 0.231 e. The maximum absolute atomic E-state index is 11.2. The number of hydrogen-bond donors (Lipinski definition) is 3. The first kappa shape index (κ1) is 18.2. The molecule has 130 valence electrons. The minimum absolute atomic E-state index is 0.00842. The second kappa shape index (κ2) is 8.61. The number of carbonyl (C=O) groups excluding carboxylic acids is 1. The number of primary amides is 1. The van der Waals surface area contributed by atoms with Crippen molar-refractivity contribution in [2.45, 2.75) is 31.3 Å². The minimum atomic E-state index is -1.06. The van der Waals surface area contributed by atoms with Crippen LogP contribution in [0.15, 0.2) is 30.3 Å². The number of amides is 1. The first-order valence-electron chi connectivity index (χ1n) is 7.79. The zero-order valence-corrected chi connectivity index (χ0v) is 13.6. The van der Waals surface area contributed by atoms with Crippen LogP contribution in [0.25, 0.3) is 0 Å². The van der Waals surface area contributed by atoms with Crippen molar-refractivity contribution in [3.8, 4) is 6.07 Å². The van der Waals surface area contributed by atoms with Gasteiger partial charge in [0.25, 0.3) is 0 Å². The fourth-order valence-electron chi connectivity index (χ4n) is 2.95. The molecule has 4 N–H and O–H groups in total. The lowest BCUT2D eigenvalue weighted by molar-refractivity contribution is -0.243. The summed E-state index contributed by atoms with van der Waals surface area (Å²) in [6.07, 6.45) is 0.178. The molecule has 8 nitrogen and oxygen atoms in total. The zero-order valence-electron chi connectivity index (χ0n) is 13.6. The lowest BCUT2D eigenvalue weighted by Gasteiger charge is -2.41. The molecule has 0 saturated carbocycles. The topological polar surface area (TPSA) is 115 Å². The van der Waals surface area contributed by atoms with Gasteiger partial charge in [-0.15, -0.1) is 5.06 Å². The summed E-state index contributed by atoms with van der Waals surface area (Å²) >= 11 is 0. The Bertz CT molecular complexity index is 577. The molecule has 0 bridgehead atoms. The molecule has 2 rings (SSSR count). The van der Waals surface area contributed by atoms with Crippen LogP contribution in [0, 0.1) is 11.3 Å². The van der Waals surface area contributed by atoms with E-state index in [1.165, 1.54) is 12.2 Å². The Balaban J connectivity index is 2.03. The molecule has 1 aromatic rings. The Labute approximate surface area is 141 Å². The van der Waals surface area contributed by atoms with Gasteiger partial charge in [-0.05, 0) is 25.0 Å². The van der Waals surface area contributed by atoms with Crippen molar-refractivity contribution in [3.63, 3.8) is 0 Å². The van der Waals surface area contributed by atoms with E-state index in [1.54, 1.807) is 4.90 Å². The summed E-state index contributed by atoms with van der Waals surface area (Å²) in [5.41, 5.74) is 6.02. The standard InChI is InChI=1S/C16H23N5O3/c1-24-21(16(23)19-12-5-3-2-4-6-12)14-8-7-13(9-17)20(10-14)11-15(18)22/h2-6,13-14,16,19,23H,7-8,10-11H2,1H3,(H2,18,22)/t13-,14+,16?/m0/s1. The van der Waals surface area contributed by atoms with Gasteiger partial charge < -0.3 is 16.2 Å². The van der Waals surface area contributed by atoms with Gasteiger partial charge in [0, 0.05) is 12.2 Å². The third kappa shape index (κ3) is 4.66. The number of rotatable bonds is 7. The molecular formula is C16H23N5O3. The second-order valence-corrected chi connectivity index (χ2v) is 5.70. The molecule has 0 aromatic heterocycles. The van der Waals surface area contributed by atoms with Crippen LogP contribution >= 0.6 is 0 Å². The van der Waals surface area contributed by atoms with Crippen molar-refractivity contribution < 1.29 is 14.7 Å². The first-order valence-corrected chi connectivity index (χ1v) is 7.79. The van der Waals surface area contributed by atoms with Crippen molar-refractivity contribution in [3.05, 3.63) is 30.3 Å². The van der Waals surface area contributed by atoms with Gasteiger partial charge in [-0.2, -0.15) is 5.26 Å². The number of aliphatic hydroxyl groups excluding tert-OH is 1. The molecule has 1 heterocycles. The van der Waals surface area contributed by atoms with Crippen LogP contribution < -0.4 is 11.1 Å². The minimum Gasteiger partial charge on any atom is -0.369 e. The van der Waals surface area contributed by atoms with E-state index >= 15 is 0 Å². The number of benzene rings is 1. The lowest BCUT2D eigenvalue weighted by atomic mass is 9.98. The molecule has 0 aliphatic carbocycles. The zero-order chi connectivity index (χ0) is 17.5. The number of carbonyl (C=O) groups is 1. The van der Waals surface area contributed by atoms with Crippen LogP contribution in [0.4, 0.5) is 5.69 Å². The molecule has 0 radical (unpaired) electrons. The number of para-hydroxylation sites is 1. The number of aliphatic hydroxyl groups is 1. The van der Waals surface area contributed by atoms with Gasteiger partial charge in [-0.1, -0.05) is 18.2 Å². The van der Waals surface area contributed by atoms with Gasteiger partial charge in [-0.25, -0.2) is 0 Å². The van der Waals surface area contributed by atoms with Crippen molar-refractivity contribution in [2.75, 3.05) is 25.5 Å². The van der Waals surface area contributed by atoms with Gasteiger partial charge in [0.1, 0.15) is 0 Å². The molecular weight excluding hydrogens is 310 g/mol. The highest BCUT2D eigenvalue weighted by Crippen LogP contribution is 2.22. The highest BCUT2D eigenvalue weighted by atomic mass is 16.7. The SMILES string of the molecule is CON(C(O)Nc1ccccc1)[C@@H]1CC[C@@H](C#N)N(CC(N)=O)C1. The van der Waals surface area contributed by atoms with Crippen molar-refractivity contribution in [1.29, 1.82) is 5.26 Å². The van der Waals surface area contributed by atoms with E-state index < -0.39 is 12.3 Å². The number of nitrogens with two attached hydrogens (primary N) is 1. The van der Waals surface area contributed by atoms with Crippen LogP contribution in [-0.2, 0) is 9.63 Å². The van der Waals surface area contributed by atoms with Crippen molar-refractivity contribution in [1.82, 2.24) is 9.96 Å². The van der Waals surface area contributed by atoms with E-state index in [-0.39, 0.29) is 18.6 Å². The summed E-state index contributed by atoms with van der Waals surface area (Å²) < 4.78 is 0. The second-order valence-electron chi connectivity index (χ2n) is 5.70. The summed E-state index contributed by atoms with van der Waals surface area (Å²) in [5.74, 6) is -0.483. The molecule has 1 amide bonds. The third-order valence-corrected chi connectivity index (χ3v) is 4.05. The summed E-state index contributed by atoms with van der Waals surface area (Å²) in [5, 5.41) is 24.0. The number of anilines is 1. The van der Waals surface area contributed by atoms with E-state index in [1.807, 2.05) is 30.3 Å². The largest absolute Gasteiger partial charge is 0.369 e. The molecule has 1 aromatic carbocycles. The Morgan fingerprint density at radius 2 is 2.25 bits per heavy atom. The number of nitrogens with zero attached hydrogens (tertiary/aromatic N) is 3. The van der Waals surface area contributed by atoms with Crippen LogP contribution in [-0.4, -0.2) is 59.6 Å². The van der Waals surface area contributed by atoms with Gasteiger partial charge in [-0.3, -0.25) is 14.5 Å². The number of hydroxylamine groups is 2. The van der Waals surface area contributed by atoms with Crippen LogP contribution in [0.2, 0.25) is 0 Å². The van der Waals surface area contributed by atoms with Crippen LogP contribution in [0.5, 0.6) is 0 Å². The Kier molecular flexibility index (Phi) is 6.52. The first-order chi connectivity index (χ1) is 11.5. The number of hydrogen-bond acceptors (Lipinski definition) is 7. The average molecular weight is 333 g/mol. The van der Waals surface area contributed by atoms with Crippen molar-refractivity contribution in [2.24, 2.45) is 5.73 Å². The highest BCUT2D eigenvalue weighted by Gasteiger charge is 2.35. The maximum atomic E-state index is 11.2. The van der Waals surface area contributed by atoms with Gasteiger partial charge in [0.2, 0.25) is 12.3 Å². The summed E-state index contributed by atoms with van der Waals surface area (Å²) in [4.78, 5) is 18.3. The summed E-state index contributed by atoms with van der Waals surface area (Å²) in [7, 11) is 1.48. The molecule has 1 fully saturated rings. The highest BCUT2D eigenvalue weighted by molar-refractivity contribution is 5.76. The number of nitriles is 1. The molecule has 3 atom stereocenters. The van der Waals surface area contributed by atoms with Gasteiger partial charge >= 0.3 is 0 Å². The van der Waals surface area contributed by atoms with Crippen molar-refractivity contribution >= 4 is 11.6 Å². The van der Waals surface area contributed by atoms with E-state index in [0.717, 1.165) is 5.69 Å². The Hall–Kier alpha value is -2.18. The summed E-state index contributed by atoms with van der Waals surface area (Å²) in [6, 6.07) is 10.9. The van der Waals surface area contributed by atoms with E-state index in [2.05, 4.69) is 11.4 Å². The smallest absolute Gasteiger partial charge is 0.231 e. The monoisotopic (exact) mass is 333 g/mol. The van der Waals surface area contributed by atoms with Gasteiger partial charge in [0.05, 0.1) is 31.8 Å². The predicted molar refractivity (Wildman–Crippen MR) is 88.1 cm³/mol. The molecule has 1 aliphatic heterocycles. The van der Waals surface area contributed by atoms with Crippen LogP contribution in [0.1, 0.15) is 12.8 Å². The third-order valence-electron chi connectivity index (χ3n) is 4.05. The fraction of sp³-hybridized carbons (Fsp3) is 0.500. The molecule has 1 unspecified atom stereocenters. The Morgan fingerprint density at radius 1 is 1.54 bits per heavy atom.